The Bertz CT molecular complexity index is 528. The lowest BCUT2D eigenvalue weighted by atomic mass is 10.0. The Hall–Kier alpha value is -2.21. The topological polar surface area (TPSA) is 89.9 Å². The van der Waals surface area contributed by atoms with E-state index in [1.807, 2.05) is 12.2 Å². The lowest BCUT2D eigenvalue weighted by Gasteiger charge is -2.09. The SMILES string of the molecule is CC(=O)OCC(=CCO)CCC=C(CCC=C(C)C=O)COC(C)=O. The maximum atomic E-state index is 11.0. The van der Waals surface area contributed by atoms with Crippen LogP contribution in [0.2, 0.25) is 0 Å². The highest BCUT2D eigenvalue weighted by Crippen LogP contribution is 2.13. The second-order valence-electron chi connectivity index (χ2n) is 5.61. The average Bonchev–Trinajstić information content (AvgIpc) is 2.56. The summed E-state index contributed by atoms with van der Waals surface area (Å²) < 4.78 is 10.00. The largest absolute Gasteiger partial charge is 0.461 e. The Morgan fingerprint density at radius 1 is 0.840 bits per heavy atom. The summed E-state index contributed by atoms with van der Waals surface area (Å²) in [5, 5.41) is 9.02. The Labute approximate surface area is 149 Å². The molecule has 0 amide bonds. The van der Waals surface area contributed by atoms with E-state index in [1.54, 1.807) is 13.0 Å². The lowest BCUT2D eigenvalue weighted by molar-refractivity contribution is -0.140. The third-order valence-corrected chi connectivity index (χ3v) is 3.32. The van der Waals surface area contributed by atoms with Crippen molar-refractivity contribution in [2.75, 3.05) is 19.8 Å². The van der Waals surface area contributed by atoms with Crippen molar-refractivity contribution in [1.29, 1.82) is 0 Å². The van der Waals surface area contributed by atoms with Gasteiger partial charge in [-0.3, -0.25) is 14.4 Å². The van der Waals surface area contributed by atoms with Crippen molar-refractivity contribution < 1.29 is 29.0 Å². The van der Waals surface area contributed by atoms with Gasteiger partial charge in [0.25, 0.3) is 0 Å². The van der Waals surface area contributed by atoms with E-state index >= 15 is 0 Å². The molecule has 0 rings (SSSR count). The van der Waals surface area contributed by atoms with Gasteiger partial charge in [0.1, 0.15) is 19.5 Å². The number of esters is 2. The fourth-order valence-corrected chi connectivity index (χ4v) is 1.98. The molecule has 0 radical (unpaired) electrons. The summed E-state index contributed by atoms with van der Waals surface area (Å²) in [6.07, 6.45) is 8.90. The summed E-state index contributed by atoms with van der Waals surface area (Å²) in [5.74, 6) is -0.714. The molecular formula is C19H28O6. The normalized spacial score (nSPS) is 12.7. The number of aliphatic hydroxyl groups is 1. The minimum atomic E-state index is -0.368. The number of carbonyl (C=O) groups excluding carboxylic acids is 3. The molecule has 0 aliphatic rings. The monoisotopic (exact) mass is 352 g/mol. The summed E-state index contributed by atoms with van der Waals surface area (Å²) in [4.78, 5) is 32.5. The third-order valence-electron chi connectivity index (χ3n) is 3.32. The Balaban J connectivity index is 4.69. The molecule has 0 fully saturated rings. The van der Waals surface area contributed by atoms with Crippen LogP contribution in [0, 0.1) is 0 Å². The van der Waals surface area contributed by atoms with Crippen molar-refractivity contribution in [3.63, 3.8) is 0 Å². The van der Waals surface area contributed by atoms with Crippen LogP contribution in [0.1, 0.15) is 46.5 Å². The molecule has 0 aromatic heterocycles. The predicted molar refractivity (Wildman–Crippen MR) is 94.8 cm³/mol. The summed E-state index contributed by atoms with van der Waals surface area (Å²) in [5.41, 5.74) is 2.46. The number of hydrogen-bond donors (Lipinski definition) is 1. The zero-order chi connectivity index (χ0) is 19.1. The van der Waals surface area contributed by atoms with E-state index in [0.717, 1.165) is 17.4 Å². The van der Waals surface area contributed by atoms with Gasteiger partial charge in [0.15, 0.2) is 0 Å². The summed E-state index contributed by atoms with van der Waals surface area (Å²) in [7, 11) is 0. The number of ether oxygens (including phenoxy) is 2. The van der Waals surface area contributed by atoms with Crippen LogP contribution in [0.4, 0.5) is 0 Å². The smallest absolute Gasteiger partial charge is 0.302 e. The molecule has 1 N–H and O–H groups in total. The van der Waals surface area contributed by atoms with Crippen LogP contribution in [-0.2, 0) is 23.9 Å². The van der Waals surface area contributed by atoms with E-state index in [-0.39, 0.29) is 31.8 Å². The van der Waals surface area contributed by atoms with Gasteiger partial charge in [0.2, 0.25) is 0 Å². The fraction of sp³-hybridized carbons (Fsp3) is 0.526. The Kier molecular flexibility index (Phi) is 12.9. The Morgan fingerprint density at radius 3 is 1.76 bits per heavy atom. The van der Waals surface area contributed by atoms with Gasteiger partial charge in [-0.2, -0.15) is 0 Å². The fourth-order valence-electron chi connectivity index (χ4n) is 1.98. The van der Waals surface area contributed by atoms with Crippen LogP contribution in [0.5, 0.6) is 0 Å². The van der Waals surface area contributed by atoms with Crippen molar-refractivity contribution in [3.05, 3.63) is 34.9 Å². The first-order valence-electron chi connectivity index (χ1n) is 8.24. The van der Waals surface area contributed by atoms with Crippen LogP contribution >= 0.6 is 0 Å². The molecule has 140 valence electrons. The zero-order valence-electron chi connectivity index (χ0n) is 15.2. The second kappa shape index (κ2) is 14.2. The van der Waals surface area contributed by atoms with E-state index in [9.17, 15) is 14.4 Å². The van der Waals surface area contributed by atoms with Crippen molar-refractivity contribution in [1.82, 2.24) is 0 Å². The maximum Gasteiger partial charge on any atom is 0.302 e. The van der Waals surface area contributed by atoms with Crippen LogP contribution in [0.25, 0.3) is 0 Å². The molecule has 0 aromatic rings. The highest BCUT2D eigenvalue weighted by atomic mass is 16.5. The van der Waals surface area contributed by atoms with E-state index in [2.05, 4.69) is 0 Å². The summed E-state index contributed by atoms with van der Waals surface area (Å²) >= 11 is 0. The first-order valence-corrected chi connectivity index (χ1v) is 8.24. The molecular weight excluding hydrogens is 324 g/mol. The molecule has 0 aromatic carbocycles. The van der Waals surface area contributed by atoms with Gasteiger partial charge in [0.05, 0.1) is 6.61 Å². The maximum absolute atomic E-state index is 11.0. The van der Waals surface area contributed by atoms with Gasteiger partial charge in [-0.25, -0.2) is 0 Å². The van der Waals surface area contributed by atoms with Crippen LogP contribution < -0.4 is 0 Å². The first-order chi connectivity index (χ1) is 11.9. The second-order valence-corrected chi connectivity index (χ2v) is 5.61. The summed E-state index contributed by atoms with van der Waals surface area (Å²) in [6, 6.07) is 0. The van der Waals surface area contributed by atoms with Crippen LogP contribution in [0.3, 0.4) is 0 Å². The van der Waals surface area contributed by atoms with E-state index in [4.69, 9.17) is 14.6 Å². The molecule has 0 unspecified atom stereocenters. The molecule has 25 heavy (non-hydrogen) atoms. The molecule has 6 heteroatoms. The third kappa shape index (κ3) is 13.9. The number of allylic oxidation sites excluding steroid dienone is 3. The molecule has 6 nitrogen and oxygen atoms in total. The first kappa shape index (κ1) is 22.8. The average molecular weight is 352 g/mol. The molecule has 0 heterocycles. The minimum absolute atomic E-state index is 0.115. The molecule has 0 aliphatic carbocycles. The van der Waals surface area contributed by atoms with Gasteiger partial charge in [0, 0.05) is 13.8 Å². The van der Waals surface area contributed by atoms with Crippen molar-refractivity contribution in [3.8, 4) is 0 Å². The van der Waals surface area contributed by atoms with E-state index < -0.39 is 0 Å². The highest BCUT2D eigenvalue weighted by Gasteiger charge is 2.03. The Morgan fingerprint density at radius 2 is 1.32 bits per heavy atom. The number of hydrogen-bond acceptors (Lipinski definition) is 6. The van der Waals surface area contributed by atoms with E-state index in [1.165, 1.54) is 13.8 Å². The van der Waals surface area contributed by atoms with Gasteiger partial charge < -0.3 is 14.6 Å². The molecule has 0 spiro atoms. The number of aliphatic hydroxyl groups excluding tert-OH is 1. The minimum Gasteiger partial charge on any atom is -0.461 e. The zero-order valence-corrected chi connectivity index (χ0v) is 15.2. The van der Waals surface area contributed by atoms with Crippen molar-refractivity contribution >= 4 is 18.2 Å². The molecule has 0 bridgehead atoms. The van der Waals surface area contributed by atoms with E-state index in [0.29, 0.717) is 31.3 Å². The van der Waals surface area contributed by atoms with Crippen LogP contribution in [0.15, 0.2) is 34.9 Å². The quantitative estimate of drug-likeness (QED) is 0.251. The van der Waals surface area contributed by atoms with Gasteiger partial charge in [-0.1, -0.05) is 18.2 Å². The van der Waals surface area contributed by atoms with Crippen LogP contribution in [-0.4, -0.2) is 43.2 Å². The highest BCUT2D eigenvalue weighted by molar-refractivity contribution is 5.71. The number of rotatable bonds is 12. The standard InChI is InChI=1S/C19H28O6/c1-15(12-21)6-4-7-18(13-24-16(2)22)8-5-9-19(10-11-20)14-25-17(3)23/h6,8,10,12,20H,4-5,7,9,11,13-14H2,1-3H3. The summed E-state index contributed by atoms with van der Waals surface area (Å²) in [6.45, 7) is 4.69. The van der Waals surface area contributed by atoms with Gasteiger partial charge in [-0.05, 0) is 49.3 Å². The van der Waals surface area contributed by atoms with Gasteiger partial charge >= 0.3 is 11.9 Å². The number of aldehydes is 1. The molecule has 0 atom stereocenters. The number of carbonyl (C=O) groups is 3. The molecule has 0 saturated heterocycles. The molecule has 0 aliphatic heterocycles. The van der Waals surface area contributed by atoms with Crippen molar-refractivity contribution in [2.45, 2.75) is 46.5 Å². The predicted octanol–water partition coefficient (Wildman–Crippen LogP) is 2.66. The van der Waals surface area contributed by atoms with Crippen molar-refractivity contribution in [2.24, 2.45) is 0 Å². The lowest BCUT2D eigenvalue weighted by Crippen LogP contribution is -2.05. The molecule has 0 saturated carbocycles. The van der Waals surface area contributed by atoms with Gasteiger partial charge in [-0.15, -0.1) is 0 Å².